The number of aromatic nitrogens is 2. The van der Waals surface area contributed by atoms with E-state index in [1.54, 1.807) is 25.3 Å². The number of hydrogen-bond donors (Lipinski definition) is 1. The number of ether oxygens (including phenoxy) is 1. The van der Waals surface area contributed by atoms with E-state index in [1.165, 1.54) is 18.5 Å². The highest BCUT2D eigenvalue weighted by Gasteiger charge is 2.20. The monoisotopic (exact) mass is 321 g/mol. The summed E-state index contributed by atoms with van der Waals surface area (Å²) in [6.45, 7) is 5.96. The molecule has 1 atom stereocenters. The van der Waals surface area contributed by atoms with Crippen molar-refractivity contribution in [3.8, 4) is 5.75 Å². The molecule has 7 heteroatoms. The fourth-order valence-corrected chi connectivity index (χ4v) is 3.30. The molecule has 0 fully saturated rings. The second kappa shape index (κ2) is 6.85. The van der Waals surface area contributed by atoms with Gasteiger partial charge in [0, 0.05) is 18.6 Å². The Bertz CT molecular complexity index is 733. The van der Waals surface area contributed by atoms with E-state index in [0.29, 0.717) is 18.1 Å². The Labute approximate surface area is 130 Å². The summed E-state index contributed by atoms with van der Waals surface area (Å²) in [5, 5.41) is 0. The lowest BCUT2D eigenvalue weighted by molar-refractivity contribution is 0.337. The summed E-state index contributed by atoms with van der Waals surface area (Å²) < 4.78 is 32.9. The van der Waals surface area contributed by atoms with Crippen LogP contribution in [0, 0.1) is 6.92 Å². The highest BCUT2D eigenvalue weighted by molar-refractivity contribution is 7.89. The molecule has 2 rings (SSSR count). The fraction of sp³-hybridized carbons (Fsp3) is 0.333. The van der Waals surface area contributed by atoms with Gasteiger partial charge in [0.1, 0.15) is 5.75 Å². The highest BCUT2D eigenvalue weighted by atomic mass is 32.2. The van der Waals surface area contributed by atoms with Crippen molar-refractivity contribution in [1.82, 2.24) is 14.7 Å². The van der Waals surface area contributed by atoms with Crippen molar-refractivity contribution in [2.45, 2.75) is 31.7 Å². The van der Waals surface area contributed by atoms with E-state index in [9.17, 15) is 8.42 Å². The molecule has 1 N–H and O–H groups in total. The number of rotatable bonds is 6. The molecule has 6 nitrogen and oxygen atoms in total. The SMILES string of the molecule is CCOc1ccc(S(=O)(=O)NC(C)c2cnccn2)cc1C. The Morgan fingerprint density at radius 3 is 2.68 bits per heavy atom. The van der Waals surface area contributed by atoms with Gasteiger partial charge < -0.3 is 4.74 Å². The van der Waals surface area contributed by atoms with Gasteiger partial charge in [-0.15, -0.1) is 0 Å². The summed E-state index contributed by atoms with van der Waals surface area (Å²) >= 11 is 0. The van der Waals surface area contributed by atoms with E-state index in [2.05, 4.69) is 14.7 Å². The van der Waals surface area contributed by atoms with E-state index in [0.717, 1.165) is 5.56 Å². The van der Waals surface area contributed by atoms with Crippen molar-refractivity contribution in [1.29, 1.82) is 0 Å². The first-order valence-electron chi connectivity index (χ1n) is 6.95. The van der Waals surface area contributed by atoms with Crippen LogP contribution in [0.1, 0.15) is 31.1 Å². The van der Waals surface area contributed by atoms with E-state index in [1.807, 2.05) is 13.8 Å². The van der Waals surface area contributed by atoms with Crippen molar-refractivity contribution < 1.29 is 13.2 Å². The average Bonchev–Trinajstić information content (AvgIpc) is 2.50. The van der Waals surface area contributed by atoms with E-state index >= 15 is 0 Å². The van der Waals surface area contributed by atoms with Gasteiger partial charge >= 0.3 is 0 Å². The van der Waals surface area contributed by atoms with Crippen molar-refractivity contribution in [3.63, 3.8) is 0 Å². The van der Waals surface area contributed by atoms with Gasteiger partial charge in [0.15, 0.2) is 0 Å². The minimum atomic E-state index is -3.64. The number of hydrogen-bond acceptors (Lipinski definition) is 5. The molecule has 0 saturated carbocycles. The molecule has 0 radical (unpaired) electrons. The molecule has 1 heterocycles. The van der Waals surface area contributed by atoms with Crippen molar-refractivity contribution >= 4 is 10.0 Å². The van der Waals surface area contributed by atoms with Gasteiger partial charge in [0.05, 0.1) is 23.2 Å². The minimum absolute atomic E-state index is 0.198. The predicted octanol–water partition coefficient (Wildman–Crippen LogP) is 2.22. The zero-order chi connectivity index (χ0) is 16.2. The van der Waals surface area contributed by atoms with Crippen LogP contribution in [0.2, 0.25) is 0 Å². The van der Waals surface area contributed by atoms with Crippen LogP contribution >= 0.6 is 0 Å². The summed E-state index contributed by atoms with van der Waals surface area (Å²) in [4.78, 5) is 8.24. The summed E-state index contributed by atoms with van der Waals surface area (Å²) in [7, 11) is -3.64. The zero-order valence-electron chi connectivity index (χ0n) is 12.8. The van der Waals surface area contributed by atoms with Crippen LogP contribution in [0.3, 0.4) is 0 Å². The molecule has 2 aromatic rings. The minimum Gasteiger partial charge on any atom is -0.494 e. The molecule has 1 aromatic heterocycles. The maximum atomic E-state index is 12.4. The molecule has 0 spiro atoms. The Balaban J connectivity index is 2.22. The maximum absolute atomic E-state index is 12.4. The molecule has 1 aromatic carbocycles. The first-order valence-corrected chi connectivity index (χ1v) is 8.44. The standard InChI is InChI=1S/C15H19N3O3S/c1-4-21-15-6-5-13(9-11(15)2)22(19,20)18-12(3)14-10-16-7-8-17-14/h5-10,12,18H,4H2,1-3H3. The maximum Gasteiger partial charge on any atom is 0.241 e. The number of nitrogens with zero attached hydrogens (tertiary/aromatic N) is 2. The fourth-order valence-electron chi connectivity index (χ4n) is 2.00. The normalized spacial score (nSPS) is 12.9. The van der Waals surface area contributed by atoms with Gasteiger partial charge in [-0.1, -0.05) is 0 Å². The first kappa shape index (κ1) is 16.4. The Morgan fingerprint density at radius 2 is 2.09 bits per heavy atom. The highest BCUT2D eigenvalue weighted by Crippen LogP contribution is 2.23. The smallest absolute Gasteiger partial charge is 0.241 e. The molecular formula is C15H19N3O3S. The molecule has 0 aliphatic rings. The molecular weight excluding hydrogens is 302 g/mol. The lowest BCUT2D eigenvalue weighted by atomic mass is 10.2. The van der Waals surface area contributed by atoms with Gasteiger partial charge in [-0.2, -0.15) is 0 Å². The summed E-state index contributed by atoms with van der Waals surface area (Å²) in [6.07, 6.45) is 4.61. The van der Waals surface area contributed by atoms with Crippen LogP contribution in [0.5, 0.6) is 5.75 Å². The molecule has 118 valence electrons. The Hall–Kier alpha value is -1.99. The third kappa shape index (κ3) is 3.80. The molecule has 0 aliphatic heterocycles. The van der Waals surface area contributed by atoms with Crippen LogP contribution in [-0.2, 0) is 10.0 Å². The summed E-state index contributed by atoms with van der Waals surface area (Å²) in [5.41, 5.74) is 1.34. The zero-order valence-corrected chi connectivity index (χ0v) is 13.6. The Kier molecular flexibility index (Phi) is 5.10. The summed E-state index contributed by atoms with van der Waals surface area (Å²) in [6, 6.07) is 4.33. The van der Waals surface area contributed by atoms with Crippen LogP contribution in [0.4, 0.5) is 0 Å². The van der Waals surface area contributed by atoms with Crippen molar-refractivity contribution in [3.05, 3.63) is 48.0 Å². The Morgan fingerprint density at radius 1 is 1.32 bits per heavy atom. The van der Waals surface area contributed by atoms with Crippen LogP contribution < -0.4 is 9.46 Å². The third-order valence-corrected chi connectivity index (χ3v) is 4.65. The largest absolute Gasteiger partial charge is 0.494 e. The van der Waals surface area contributed by atoms with E-state index < -0.39 is 16.1 Å². The van der Waals surface area contributed by atoms with Gasteiger partial charge in [-0.3, -0.25) is 9.97 Å². The van der Waals surface area contributed by atoms with Crippen LogP contribution in [0.25, 0.3) is 0 Å². The molecule has 0 saturated heterocycles. The van der Waals surface area contributed by atoms with Gasteiger partial charge in [0.2, 0.25) is 10.0 Å². The van der Waals surface area contributed by atoms with Gasteiger partial charge in [-0.25, -0.2) is 13.1 Å². The van der Waals surface area contributed by atoms with Gasteiger partial charge in [0.25, 0.3) is 0 Å². The molecule has 22 heavy (non-hydrogen) atoms. The quantitative estimate of drug-likeness (QED) is 0.882. The molecule has 0 aliphatic carbocycles. The van der Waals surface area contributed by atoms with Crippen LogP contribution in [0.15, 0.2) is 41.7 Å². The molecule has 0 amide bonds. The number of sulfonamides is 1. The van der Waals surface area contributed by atoms with E-state index in [-0.39, 0.29) is 4.90 Å². The second-order valence-corrected chi connectivity index (χ2v) is 6.55. The third-order valence-electron chi connectivity index (χ3n) is 3.12. The number of nitrogens with one attached hydrogen (secondary N) is 1. The number of aryl methyl sites for hydroxylation is 1. The van der Waals surface area contributed by atoms with Crippen molar-refractivity contribution in [2.24, 2.45) is 0 Å². The predicted molar refractivity (Wildman–Crippen MR) is 83.1 cm³/mol. The van der Waals surface area contributed by atoms with Gasteiger partial charge in [-0.05, 0) is 44.5 Å². The second-order valence-electron chi connectivity index (χ2n) is 4.83. The molecule has 0 bridgehead atoms. The average molecular weight is 321 g/mol. The molecule has 1 unspecified atom stereocenters. The lowest BCUT2D eigenvalue weighted by Crippen LogP contribution is -2.27. The lowest BCUT2D eigenvalue weighted by Gasteiger charge is -2.14. The number of benzene rings is 1. The summed E-state index contributed by atoms with van der Waals surface area (Å²) in [5.74, 6) is 0.684. The van der Waals surface area contributed by atoms with Crippen molar-refractivity contribution in [2.75, 3.05) is 6.61 Å². The first-order chi connectivity index (χ1) is 10.4. The van der Waals surface area contributed by atoms with E-state index in [4.69, 9.17) is 4.74 Å². The topological polar surface area (TPSA) is 81.2 Å². The van der Waals surface area contributed by atoms with Crippen LogP contribution in [-0.4, -0.2) is 25.0 Å².